The van der Waals surface area contributed by atoms with Crippen molar-refractivity contribution < 1.29 is 9.53 Å². The smallest absolute Gasteiger partial charge is 0.270 e. The van der Waals surface area contributed by atoms with Crippen molar-refractivity contribution in [3.05, 3.63) is 60.3 Å². The summed E-state index contributed by atoms with van der Waals surface area (Å²) in [6.07, 6.45) is 0. The summed E-state index contributed by atoms with van der Waals surface area (Å²) in [6.45, 7) is 3.16. The molecule has 5 heteroatoms. The second-order valence-electron chi connectivity index (χ2n) is 6.25. The summed E-state index contributed by atoms with van der Waals surface area (Å²) >= 11 is 0. The van der Waals surface area contributed by atoms with Crippen LogP contribution in [0.1, 0.15) is 10.5 Å². The lowest BCUT2D eigenvalue weighted by molar-refractivity contribution is 0.0742. The summed E-state index contributed by atoms with van der Waals surface area (Å²) in [4.78, 5) is 20.3. The molecule has 2 aromatic carbocycles. The lowest BCUT2D eigenvalue weighted by atomic mass is 10.2. The maximum Gasteiger partial charge on any atom is 0.270 e. The van der Waals surface area contributed by atoms with Crippen LogP contribution in [0.15, 0.2) is 54.6 Å². The Balaban J connectivity index is 1.47. The molecule has 0 unspecified atom stereocenters. The van der Waals surface area contributed by atoms with Crippen molar-refractivity contribution >= 4 is 22.5 Å². The molecule has 4 rings (SSSR count). The van der Waals surface area contributed by atoms with E-state index in [0.717, 1.165) is 42.8 Å². The van der Waals surface area contributed by atoms with Gasteiger partial charge in [0.15, 0.2) is 0 Å². The zero-order valence-electron chi connectivity index (χ0n) is 14.2. The number of hydrogen-bond donors (Lipinski definition) is 1. The molecule has 1 amide bonds. The second-order valence-corrected chi connectivity index (χ2v) is 6.25. The van der Waals surface area contributed by atoms with Crippen LogP contribution in [0.25, 0.3) is 10.9 Å². The van der Waals surface area contributed by atoms with E-state index in [-0.39, 0.29) is 5.91 Å². The number of methoxy groups -OCH3 is 1. The summed E-state index contributed by atoms with van der Waals surface area (Å²) in [5, 5.41) is 1.02. The van der Waals surface area contributed by atoms with Crippen molar-refractivity contribution in [3.8, 4) is 5.75 Å². The van der Waals surface area contributed by atoms with Crippen molar-refractivity contribution in [1.82, 2.24) is 9.88 Å². The first kappa shape index (κ1) is 15.6. The lowest BCUT2D eigenvalue weighted by Gasteiger charge is -2.36. The molecule has 1 N–H and O–H groups in total. The van der Waals surface area contributed by atoms with Gasteiger partial charge in [-0.1, -0.05) is 18.2 Å². The van der Waals surface area contributed by atoms with Gasteiger partial charge in [-0.15, -0.1) is 0 Å². The number of nitrogens with one attached hydrogen (secondary N) is 1. The molecule has 128 valence electrons. The largest absolute Gasteiger partial charge is 0.497 e. The molecule has 0 bridgehead atoms. The topological polar surface area (TPSA) is 48.6 Å². The van der Waals surface area contributed by atoms with E-state index in [0.29, 0.717) is 5.69 Å². The molecule has 1 aliphatic rings. The SMILES string of the molecule is COc1ccc2cc(C(=O)N3CCN(c4ccccc4)CC3)[nH]c2c1. The molecule has 1 aliphatic heterocycles. The molecule has 25 heavy (non-hydrogen) atoms. The number of ether oxygens (including phenoxy) is 1. The van der Waals surface area contributed by atoms with Crippen molar-refractivity contribution in [2.24, 2.45) is 0 Å². The van der Waals surface area contributed by atoms with Gasteiger partial charge in [0.2, 0.25) is 0 Å². The molecule has 1 fully saturated rings. The minimum atomic E-state index is 0.0582. The Labute approximate surface area is 146 Å². The Bertz CT molecular complexity index is 880. The van der Waals surface area contributed by atoms with Gasteiger partial charge >= 0.3 is 0 Å². The van der Waals surface area contributed by atoms with Crippen LogP contribution in [-0.2, 0) is 0 Å². The van der Waals surface area contributed by atoms with Gasteiger partial charge in [0.1, 0.15) is 11.4 Å². The molecule has 2 heterocycles. The van der Waals surface area contributed by atoms with Gasteiger partial charge < -0.3 is 19.5 Å². The highest BCUT2D eigenvalue weighted by Crippen LogP contribution is 2.23. The Morgan fingerprint density at radius 1 is 1.00 bits per heavy atom. The van der Waals surface area contributed by atoms with Crippen molar-refractivity contribution in [2.45, 2.75) is 0 Å². The van der Waals surface area contributed by atoms with E-state index in [2.05, 4.69) is 22.0 Å². The number of para-hydroxylation sites is 1. The van der Waals surface area contributed by atoms with E-state index in [9.17, 15) is 4.79 Å². The predicted octanol–water partition coefficient (Wildman–Crippen LogP) is 3.14. The fraction of sp³-hybridized carbons (Fsp3) is 0.250. The molecular weight excluding hydrogens is 314 g/mol. The van der Waals surface area contributed by atoms with Gasteiger partial charge in [0.25, 0.3) is 5.91 Å². The number of carbonyl (C=O) groups is 1. The van der Waals surface area contributed by atoms with Crippen LogP contribution in [-0.4, -0.2) is 49.1 Å². The normalized spacial score (nSPS) is 14.8. The third-order valence-electron chi connectivity index (χ3n) is 4.75. The fourth-order valence-corrected chi connectivity index (χ4v) is 3.33. The zero-order chi connectivity index (χ0) is 17.2. The molecule has 3 aromatic rings. The quantitative estimate of drug-likeness (QED) is 0.800. The van der Waals surface area contributed by atoms with Gasteiger partial charge in [-0.3, -0.25) is 4.79 Å². The standard InChI is InChI=1S/C20H21N3O2/c1-25-17-8-7-15-13-19(21-18(15)14-17)20(24)23-11-9-22(10-12-23)16-5-3-2-4-6-16/h2-8,13-14,21H,9-12H2,1H3. The number of aromatic nitrogens is 1. The maximum atomic E-state index is 12.8. The Morgan fingerprint density at radius 3 is 2.48 bits per heavy atom. The number of nitrogens with zero attached hydrogens (tertiary/aromatic N) is 2. The van der Waals surface area contributed by atoms with E-state index in [1.165, 1.54) is 5.69 Å². The first-order valence-electron chi connectivity index (χ1n) is 8.50. The van der Waals surface area contributed by atoms with Gasteiger partial charge in [0, 0.05) is 48.8 Å². The third kappa shape index (κ3) is 3.05. The average molecular weight is 335 g/mol. The van der Waals surface area contributed by atoms with Crippen LogP contribution in [0.4, 0.5) is 5.69 Å². The number of aromatic amines is 1. The van der Waals surface area contributed by atoms with E-state index in [4.69, 9.17) is 4.74 Å². The molecular formula is C20H21N3O2. The molecule has 0 aliphatic carbocycles. The highest BCUT2D eigenvalue weighted by molar-refractivity contribution is 5.98. The number of anilines is 1. The monoisotopic (exact) mass is 335 g/mol. The number of fused-ring (bicyclic) bond motifs is 1. The first-order chi connectivity index (χ1) is 12.2. The zero-order valence-corrected chi connectivity index (χ0v) is 14.2. The van der Waals surface area contributed by atoms with Crippen molar-refractivity contribution in [1.29, 1.82) is 0 Å². The summed E-state index contributed by atoms with van der Waals surface area (Å²) in [5.74, 6) is 0.840. The highest BCUT2D eigenvalue weighted by Gasteiger charge is 2.23. The number of amides is 1. The van der Waals surface area contributed by atoms with Crippen LogP contribution < -0.4 is 9.64 Å². The van der Waals surface area contributed by atoms with E-state index in [1.54, 1.807) is 7.11 Å². The molecule has 0 radical (unpaired) electrons. The lowest BCUT2D eigenvalue weighted by Crippen LogP contribution is -2.48. The number of benzene rings is 2. The minimum absolute atomic E-state index is 0.0582. The molecule has 0 saturated carbocycles. The van der Waals surface area contributed by atoms with Crippen LogP contribution in [0.3, 0.4) is 0 Å². The first-order valence-corrected chi connectivity index (χ1v) is 8.50. The summed E-state index contributed by atoms with van der Waals surface area (Å²) in [6, 6.07) is 18.1. The third-order valence-corrected chi connectivity index (χ3v) is 4.75. The van der Waals surface area contributed by atoms with Crippen LogP contribution >= 0.6 is 0 Å². The van der Waals surface area contributed by atoms with Gasteiger partial charge in [-0.2, -0.15) is 0 Å². The van der Waals surface area contributed by atoms with E-state index in [1.807, 2.05) is 47.4 Å². The number of carbonyl (C=O) groups excluding carboxylic acids is 1. The molecule has 1 saturated heterocycles. The summed E-state index contributed by atoms with van der Waals surface area (Å²) < 4.78 is 5.24. The predicted molar refractivity (Wildman–Crippen MR) is 99.4 cm³/mol. The van der Waals surface area contributed by atoms with Gasteiger partial charge in [-0.25, -0.2) is 0 Å². The van der Waals surface area contributed by atoms with Crippen molar-refractivity contribution in [3.63, 3.8) is 0 Å². The number of piperazine rings is 1. The fourth-order valence-electron chi connectivity index (χ4n) is 3.33. The Kier molecular flexibility index (Phi) is 4.06. The van der Waals surface area contributed by atoms with Gasteiger partial charge in [-0.05, 0) is 30.3 Å². The van der Waals surface area contributed by atoms with Crippen molar-refractivity contribution in [2.75, 3.05) is 38.2 Å². The summed E-state index contributed by atoms with van der Waals surface area (Å²) in [5.41, 5.74) is 2.77. The average Bonchev–Trinajstić information content (AvgIpc) is 3.11. The summed E-state index contributed by atoms with van der Waals surface area (Å²) in [7, 11) is 1.64. The molecule has 0 atom stereocenters. The maximum absolute atomic E-state index is 12.8. The minimum Gasteiger partial charge on any atom is -0.497 e. The molecule has 0 spiro atoms. The number of hydrogen-bond acceptors (Lipinski definition) is 3. The second kappa shape index (κ2) is 6.51. The molecule has 1 aromatic heterocycles. The Hall–Kier alpha value is -2.95. The Morgan fingerprint density at radius 2 is 1.76 bits per heavy atom. The van der Waals surface area contributed by atoms with E-state index >= 15 is 0 Å². The highest BCUT2D eigenvalue weighted by atomic mass is 16.5. The molecule has 5 nitrogen and oxygen atoms in total. The van der Waals surface area contributed by atoms with E-state index < -0.39 is 0 Å². The number of rotatable bonds is 3. The van der Waals surface area contributed by atoms with Crippen LogP contribution in [0, 0.1) is 0 Å². The number of H-pyrrole nitrogens is 1. The van der Waals surface area contributed by atoms with Crippen LogP contribution in [0.5, 0.6) is 5.75 Å². The van der Waals surface area contributed by atoms with Gasteiger partial charge in [0.05, 0.1) is 7.11 Å². The van der Waals surface area contributed by atoms with Crippen LogP contribution in [0.2, 0.25) is 0 Å².